The first-order chi connectivity index (χ1) is 13.0. The number of rotatable bonds is 8. The minimum absolute atomic E-state index is 0.161. The van der Waals surface area contributed by atoms with E-state index in [-0.39, 0.29) is 11.3 Å². The molecule has 1 aromatic carbocycles. The van der Waals surface area contributed by atoms with Crippen molar-refractivity contribution in [3.8, 4) is 5.75 Å². The molecule has 0 spiro atoms. The highest BCUT2D eigenvalue weighted by atomic mass is 19.3. The van der Waals surface area contributed by atoms with Crippen molar-refractivity contribution < 1.29 is 37.3 Å². The molecule has 0 saturated heterocycles. The number of hydrogen-bond acceptors (Lipinski definition) is 5. The molecule has 2 rings (SSSR count). The van der Waals surface area contributed by atoms with Crippen LogP contribution < -0.4 is 9.84 Å². The summed E-state index contributed by atoms with van der Waals surface area (Å²) in [6.45, 7) is 4.51. The van der Waals surface area contributed by atoms with Gasteiger partial charge in [-0.25, -0.2) is 9.18 Å². The van der Waals surface area contributed by atoms with E-state index < -0.39 is 41.3 Å². The molecule has 1 fully saturated rings. The van der Waals surface area contributed by atoms with Gasteiger partial charge in [-0.2, -0.15) is 8.78 Å². The molecular weight excluding hydrogens is 377 g/mol. The average molecular weight is 401 g/mol. The second-order valence-corrected chi connectivity index (χ2v) is 7.47. The highest BCUT2D eigenvalue weighted by Crippen LogP contribution is 2.38. The Bertz CT molecular complexity index is 727. The Kier molecular flexibility index (Phi) is 6.62. The van der Waals surface area contributed by atoms with E-state index in [1.54, 1.807) is 0 Å². The second kappa shape index (κ2) is 8.41. The number of aliphatic carboxylic acids is 1. The quantitative estimate of drug-likeness (QED) is 0.624. The van der Waals surface area contributed by atoms with E-state index in [0.717, 1.165) is 43.9 Å². The summed E-state index contributed by atoms with van der Waals surface area (Å²) in [5, 5.41) is 10.7. The summed E-state index contributed by atoms with van der Waals surface area (Å²) in [4.78, 5) is 23.1. The SMILES string of the molecule is CCC1(Oc2cc(C(=O)OC(C(C)C)C(F)(F)C(=O)[O-])ccc2F)CCCC1. The average Bonchev–Trinajstić information content (AvgIpc) is 3.09. The molecule has 1 saturated carbocycles. The van der Waals surface area contributed by atoms with E-state index >= 15 is 0 Å². The summed E-state index contributed by atoms with van der Waals surface area (Å²) >= 11 is 0. The van der Waals surface area contributed by atoms with Crippen molar-refractivity contribution in [3.63, 3.8) is 0 Å². The molecular formula is C20H24F3O5-. The van der Waals surface area contributed by atoms with Gasteiger partial charge < -0.3 is 19.4 Å². The number of carbonyl (C=O) groups is 2. The van der Waals surface area contributed by atoms with Gasteiger partial charge in [0.2, 0.25) is 0 Å². The molecule has 0 amide bonds. The van der Waals surface area contributed by atoms with E-state index in [1.165, 1.54) is 13.8 Å². The van der Waals surface area contributed by atoms with Crippen molar-refractivity contribution in [2.24, 2.45) is 5.92 Å². The Morgan fingerprint density at radius 1 is 1.25 bits per heavy atom. The molecule has 1 aliphatic rings. The molecule has 8 heteroatoms. The van der Waals surface area contributed by atoms with Crippen LogP contribution in [-0.4, -0.2) is 29.6 Å². The first-order valence-corrected chi connectivity index (χ1v) is 9.31. The van der Waals surface area contributed by atoms with Gasteiger partial charge in [0.05, 0.1) is 5.56 Å². The van der Waals surface area contributed by atoms with E-state index in [1.807, 2.05) is 6.92 Å². The zero-order valence-corrected chi connectivity index (χ0v) is 16.1. The topological polar surface area (TPSA) is 75.7 Å². The third kappa shape index (κ3) is 4.59. The number of benzene rings is 1. The van der Waals surface area contributed by atoms with Crippen molar-refractivity contribution >= 4 is 11.9 Å². The first-order valence-electron chi connectivity index (χ1n) is 9.31. The second-order valence-electron chi connectivity index (χ2n) is 7.47. The van der Waals surface area contributed by atoms with Crippen LogP contribution in [0.2, 0.25) is 0 Å². The van der Waals surface area contributed by atoms with E-state index in [4.69, 9.17) is 9.47 Å². The summed E-state index contributed by atoms with van der Waals surface area (Å²) < 4.78 is 52.5. The van der Waals surface area contributed by atoms with Gasteiger partial charge in [-0.1, -0.05) is 20.8 Å². The first kappa shape index (κ1) is 22.0. The predicted molar refractivity (Wildman–Crippen MR) is 92.5 cm³/mol. The van der Waals surface area contributed by atoms with Crippen LogP contribution in [-0.2, 0) is 9.53 Å². The number of esters is 1. The van der Waals surface area contributed by atoms with Crippen molar-refractivity contribution in [1.29, 1.82) is 0 Å². The normalized spacial score (nSPS) is 17.4. The van der Waals surface area contributed by atoms with Crippen molar-refractivity contribution in [2.75, 3.05) is 0 Å². The lowest BCUT2D eigenvalue weighted by Crippen LogP contribution is -2.53. The van der Waals surface area contributed by atoms with Crippen molar-refractivity contribution in [1.82, 2.24) is 0 Å². The lowest BCUT2D eigenvalue weighted by atomic mass is 9.98. The molecule has 156 valence electrons. The third-order valence-corrected chi connectivity index (χ3v) is 5.12. The standard InChI is InChI=1S/C20H25F3O5/c1-4-19(9-5-6-10-19)28-15-11-13(7-8-14(15)21)17(24)27-16(12(2)3)20(22,23)18(25)26/h7-8,11-12,16H,4-6,9-10H2,1-3H3,(H,25,26)/p-1. The largest absolute Gasteiger partial charge is 0.544 e. The zero-order valence-electron chi connectivity index (χ0n) is 16.1. The highest BCUT2D eigenvalue weighted by molar-refractivity contribution is 5.90. The predicted octanol–water partition coefficient (Wildman–Crippen LogP) is 3.49. The van der Waals surface area contributed by atoms with Gasteiger partial charge in [-0.3, -0.25) is 0 Å². The molecule has 1 atom stereocenters. The highest BCUT2D eigenvalue weighted by Gasteiger charge is 2.46. The smallest absolute Gasteiger partial charge is 0.338 e. The Labute approximate surface area is 161 Å². The summed E-state index contributed by atoms with van der Waals surface area (Å²) in [6, 6.07) is 3.17. The van der Waals surface area contributed by atoms with Gasteiger partial charge in [-0.15, -0.1) is 0 Å². The fourth-order valence-electron chi connectivity index (χ4n) is 3.42. The molecule has 0 radical (unpaired) electrons. The summed E-state index contributed by atoms with van der Waals surface area (Å²) in [5.41, 5.74) is -0.730. The van der Waals surface area contributed by atoms with Crippen molar-refractivity contribution in [2.45, 2.75) is 70.5 Å². The fourth-order valence-corrected chi connectivity index (χ4v) is 3.42. The Morgan fingerprint density at radius 3 is 2.36 bits per heavy atom. The third-order valence-electron chi connectivity index (χ3n) is 5.12. The van der Waals surface area contributed by atoms with Crippen LogP contribution in [0.4, 0.5) is 13.2 Å². The Morgan fingerprint density at radius 2 is 1.86 bits per heavy atom. The summed E-state index contributed by atoms with van der Waals surface area (Å²) in [7, 11) is 0. The maximum atomic E-state index is 14.2. The van der Waals surface area contributed by atoms with Gasteiger partial charge in [0.25, 0.3) is 0 Å². The number of hydrogen-bond donors (Lipinski definition) is 0. The molecule has 0 N–H and O–H groups in total. The minimum Gasteiger partial charge on any atom is -0.544 e. The number of carbonyl (C=O) groups excluding carboxylic acids is 2. The van der Waals surface area contributed by atoms with Gasteiger partial charge in [-0.05, 0) is 56.2 Å². The molecule has 1 aliphatic carbocycles. The van der Waals surface area contributed by atoms with E-state index in [2.05, 4.69) is 0 Å². The Hall–Kier alpha value is -2.25. The molecule has 1 unspecified atom stereocenters. The number of halogens is 3. The van der Waals surface area contributed by atoms with E-state index in [0.29, 0.717) is 6.42 Å². The van der Waals surface area contributed by atoms with Crippen LogP contribution in [0.3, 0.4) is 0 Å². The lowest BCUT2D eigenvalue weighted by molar-refractivity contribution is -0.337. The number of carboxylic acid groups (broad SMARTS) is 1. The van der Waals surface area contributed by atoms with Gasteiger partial charge in [0.15, 0.2) is 17.7 Å². The van der Waals surface area contributed by atoms with Crippen LogP contribution in [0.5, 0.6) is 5.75 Å². The van der Waals surface area contributed by atoms with E-state index in [9.17, 15) is 27.9 Å². The number of carboxylic acids is 1. The van der Waals surface area contributed by atoms with Crippen molar-refractivity contribution in [3.05, 3.63) is 29.6 Å². The number of alkyl halides is 2. The maximum Gasteiger partial charge on any atom is 0.338 e. The number of ether oxygens (including phenoxy) is 2. The molecule has 0 heterocycles. The van der Waals surface area contributed by atoms with Crippen LogP contribution in [0.15, 0.2) is 18.2 Å². The van der Waals surface area contributed by atoms with Gasteiger partial charge in [0, 0.05) is 0 Å². The molecule has 0 aromatic heterocycles. The fraction of sp³-hybridized carbons (Fsp3) is 0.600. The van der Waals surface area contributed by atoms with Crippen LogP contribution in [0.25, 0.3) is 0 Å². The van der Waals surface area contributed by atoms with Crippen LogP contribution in [0, 0.1) is 11.7 Å². The van der Waals surface area contributed by atoms with Crippen LogP contribution in [0.1, 0.15) is 63.2 Å². The molecule has 1 aromatic rings. The summed E-state index contributed by atoms with van der Waals surface area (Å²) in [6.07, 6.45) is 1.84. The Balaban J connectivity index is 2.25. The van der Waals surface area contributed by atoms with Gasteiger partial charge in [0.1, 0.15) is 11.6 Å². The molecule has 28 heavy (non-hydrogen) atoms. The molecule has 0 bridgehead atoms. The monoisotopic (exact) mass is 401 g/mol. The molecule has 0 aliphatic heterocycles. The zero-order chi connectivity index (χ0) is 21.1. The van der Waals surface area contributed by atoms with Crippen LogP contribution >= 0.6 is 0 Å². The summed E-state index contributed by atoms with van der Waals surface area (Å²) in [5.74, 6) is -10.0. The lowest BCUT2D eigenvalue weighted by Gasteiger charge is -2.30. The maximum absolute atomic E-state index is 14.2. The minimum atomic E-state index is -4.36. The molecule has 5 nitrogen and oxygen atoms in total. The van der Waals surface area contributed by atoms with Gasteiger partial charge >= 0.3 is 11.9 Å².